The number of carbonyl (C=O) groups excluding carboxylic acids is 2. The molecule has 1 N–H and O–H groups in total. The predicted octanol–water partition coefficient (Wildman–Crippen LogP) is 3.51. The number of hydrogen-bond donors (Lipinski definition) is 1. The van der Waals surface area contributed by atoms with Crippen LogP contribution in [0, 0.1) is 5.82 Å². The zero-order valence-electron chi connectivity index (χ0n) is 17.8. The molecular formula is C25H29FN2O3. The van der Waals surface area contributed by atoms with E-state index in [0.29, 0.717) is 37.1 Å². The van der Waals surface area contributed by atoms with Crippen LogP contribution in [0.3, 0.4) is 0 Å². The lowest BCUT2D eigenvalue weighted by atomic mass is 9.97. The van der Waals surface area contributed by atoms with E-state index in [1.165, 1.54) is 11.6 Å². The minimum Gasteiger partial charge on any atom is -0.396 e. The summed E-state index contributed by atoms with van der Waals surface area (Å²) in [5, 5.41) is 8.92. The van der Waals surface area contributed by atoms with Crippen molar-refractivity contribution >= 4 is 17.4 Å². The van der Waals surface area contributed by atoms with E-state index < -0.39 is 0 Å². The Morgan fingerprint density at radius 1 is 1.03 bits per heavy atom. The molecule has 31 heavy (non-hydrogen) atoms. The van der Waals surface area contributed by atoms with Crippen LogP contribution in [-0.2, 0) is 24.2 Å². The molecule has 2 aromatic rings. The van der Waals surface area contributed by atoms with Gasteiger partial charge < -0.3 is 10.0 Å². The van der Waals surface area contributed by atoms with Crippen LogP contribution in [0.15, 0.2) is 36.4 Å². The second-order valence-corrected chi connectivity index (χ2v) is 8.40. The topological polar surface area (TPSA) is 60.9 Å². The third kappa shape index (κ3) is 4.86. The first-order valence-electron chi connectivity index (χ1n) is 11.1. The lowest BCUT2D eigenvalue weighted by Gasteiger charge is -2.23. The second-order valence-electron chi connectivity index (χ2n) is 8.40. The Hall–Kier alpha value is -2.57. The molecule has 0 spiro atoms. The van der Waals surface area contributed by atoms with Crippen molar-refractivity contribution in [3.63, 3.8) is 0 Å². The molecule has 5 nitrogen and oxygen atoms in total. The van der Waals surface area contributed by atoms with Gasteiger partial charge in [0.2, 0.25) is 5.91 Å². The number of hydrogen-bond acceptors (Lipinski definition) is 4. The first kappa shape index (κ1) is 21.7. The molecule has 0 aromatic heterocycles. The summed E-state index contributed by atoms with van der Waals surface area (Å²) in [6.45, 7) is 2.52. The Balaban J connectivity index is 1.40. The fourth-order valence-electron chi connectivity index (χ4n) is 4.61. The van der Waals surface area contributed by atoms with Crippen molar-refractivity contribution in [2.45, 2.75) is 45.1 Å². The zero-order chi connectivity index (χ0) is 21.8. The number of Topliss-reactive ketones (excluding diaryl/α,β-unsaturated/α-hetero) is 1. The maximum absolute atomic E-state index is 14.9. The van der Waals surface area contributed by atoms with E-state index in [9.17, 15) is 14.0 Å². The summed E-state index contributed by atoms with van der Waals surface area (Å²) < 4.78 is 14.9. The quantitative estimate of drug-likeness (QED) is 0.691. The van der Waals surface area contributed by atoms with Crippen LogP contribution in [0.1, 0.15) is 52.7 Å². The molecular weight excluding hydrogens is 395 g/mol. The summed E-state index contributed by atoms with van der Waals surface area (Å²) >= 11 is 0. The van der Waals surface area contributed by atoms with Gasteiger partial charge in [-0.2, -0.15) is 0 Å². The summed E-state index contributed by atoms with van der Waals surface area (Å²) in [6.07, 6.45) is 3.49. The van der Waals surface area contributed by atoms with E-state index in [2.05, 4.69) is 11.0 Å². The third-order valence-corrected chi connectivity index (χ3v) is 6.30. The number of halogens is 1. The number of anilines is 1. The molecule has 0 fully saturated rings. The lowest BCUT2D eigenvalue weighted by molar-refractivity contribution is -0.118. The Bertz CT molecular complexity index is 975. The molecule has 0 unspecified atom stereocenters. The highest BCUT2D eigenvalue weighted by Crippen LogP contribution is 2.28. The molecule has 0 saturated heterocycles. The smallest absolute Gasteiger partial charge is 0.228 e. The molecule has 4 rings (SSSR count). The Morgan fingerprint density at radius 3 is 2.71 bits per heavy atom. The van der Waals surface area contributed by atoms with Crippen molar-refractivity contribution in [3.8, 4) is 0 Å². The van der Waals surface area contributed by atoms with E-state index in [0.717, 1.165) is 43.6 Å². The highest BCUT2D eigenvalue weighted by Gasteiger charge is 2.25. The van der Waals surface area contributed by atoms with Crippen LogP contribution >= 0.6 is 0 Å². The number of nitrogens with zero attached hydrogens (tertiary/aromatic N) is 2. The number of aliphatic hydroxyl groups is 1. The number of fused-ring (bicyclic) bond motifs is 2. The van der Waals surface area contributed by atoms with Crippen molar-refractivity contribution < 1.29 is 19.1 Å². The normalized spacial score (nSPS) is 16.0. The number of carbonyl (C=O) groups is 2. The largest absolute Gasteiger partial charge is 0.396 e. The van der Waals surface area contributed by atoms with Gasteiger partial charge in [0.05, 0.1) is 0 Å². The molecule has 0 saturated carbocycles. The van der Waals surface area contributed by atoms with Crippen molar-refractivity contribution in [2.24, 2.45) is 0 Å². The van der Waals surface area contributed by atoms with Crippen LogP contribution in [0.25, 0.3) is 0 Å². The standard InChI is InChI=1S/C25H29FN2O3/c26-22-16-20(24(30)8-4-14-29)15-19-6-3-11-27(17-21(19)22)12-10-25(31)28-13-9-18-5-1-2-7-23(18)28/h1-2,5,7,15-16,29H,3-4,6,8-14,17H2. The zero-order valence-corrected chi connectivity index (χ0v) is 17.8. The number of rotatable bonds is 7. The molecule has 2 heterocycles. The van der Waals surface area contributed by atoms with Gasteiger partial charge in [0.1, 0.15) is 5.82 Å². The molecule has 0 atom stereocenters. The highest BCUT2D eigenvalue weighted by molar-refractivity contribution is 5.96. The van der Waals surface area contributed by atoms with Crippen LogP contribution in [0.2, 0.25) is 0 Å². The van der Waals surface area contributed by atoms with Gasteiger partial charge in [-0.25, -0.2) is 4.39 Å². The van der Waals surface area contributed by atoms with Crippen LogP contribution in [0.5, 0.6) is 0 Å². The maximum Gasteiger partial charge on any atom is 0.228 e. The first-order valence-corrected chi connectivity index (χ1v) is 11.1. The summed E-state index contributed by atoms with van der Waals surface area (Å²) in [4.78, 5) is 29.1. The molecule has 0 aliphatic carbocycles. The number of para-hydroxylation sites is 1. The van der Waals surface area contributed by atoms with Gasteiger partial charge >= 0.3 is 0 Å². The lowest BCUT2D eigenvalue weighted by Crippen LogP contribution is -2.33. The van der Waals surface area contributed by atoms with E-state index in [4.69, 9.17) is 5.11 Å². The molecule has 0 radical (unpaired) electrons. The van der Waals surface area contributed by atoms with Gasteiger partial charge in [-0.15, -0.1) is 0 Å². The molecule has 164 valence electrons. The van der Waals surface area contributed by atoms with Crippen LogP contribution in [-0.4, -0.2) is 47.9 Å². The monoisotopic (exact) mass is 424 g/mol. The van der Waals surface area contributed by atoms with E-state index in [1.807, 2.05) is 29.2 Å². The molecule has 2 aliphatic rings. The average Bonchev–Trinajstić information content (AvgIpc) is 3.09. The minimum atomic E-state index is -0.350. The van der Waals surface area contributed by atoms with Gasteiger partial charge in [-0.3, -0.25) is 14.5 Å². The maximum atomic E-state index is 14.9. The summed E-state index contributed by atoms with van der Waals surface area (Å²) in [5.41, 5.74) is 4.13. The number of amides is 1. The average molecular weight is 425 g/mol. The van der Waals surface area contributed by atoms with Crippen molar-refractivity contribution in [1.82, 2.24) is 4.90 Å². The van der Waals surface area contributed by atoms with E-state index in [1.54, 1.807) is 0 Å². The number of ketones is 1. The first-order chi connectivity index (χ1) is 15.1. The van der Waals surface area contributed by atoms with Crippen molar-refractivity contribution in [2.75, 3.05) is 31.1 Å². The predicted molar refractivity (Wildman–Crippen MR) is 118 cm³/mol. The summed E-state index contributed by atoms with van der Waals surface area (Å²) in [5.74, 6) is -0.371. The van der Waals surface area contributed by atoms with E-state index >= 15 is 0 Å². The van der Waals surface area contributed by atoms with Gasteiger partial charge in [-0.1, -0.05) is 18.2 Å². The van der Waals surface area contributed by atoms with Gasteiger partial charge in [0, 0.05) is 55.9 Å². The van der Waals surface area contributed by atoms with Crippen molar-refractivity contribution in [1.29, 1.82) is 0 Å². The van der Waals surface area contributed by atoms with E-state index in [-0.39, 0.29) is 30.5 Å². The minimum absolute atomic E-state index is 0.0458. The molecule has 6 heteroatoms. The highest BCUT2D eigenvalue weighted by atomic mass is 19.1. The van der Waals surface area contributed by atoms with Crippen LogP contribution in [0.4, 0.5) is 10.1 Å². The summed E-state index contributed by atoms with van der Waals surface area (Å²) in [7, 11) is 0. The molecule has 1 amide bonds. The van der Waals surface area contributed by atoms with Gasteiger partial charge in [0.15, 0.2) is 5.78 Å². The Kier molecular flexibility index (Phi) is 6.78. The fourth-order valence-corrected chi connectivity index (χ4v) is 4.61. The molecule has 0 bridgehead atoms. The Morgan fingerprint density at radius 2 is 1.87 bits per heavy atom. The number of aryl methyl sites for hydroxylation is 1. The van der Waals surface area contributed by atoms with Gasteiger partial charge in [0.25, 0.3) is 0 Å². The SMILES string of the molecule is O=C(CCCO)c1cc(F)c2c(c1)CCCN(CCC(=O)N1CCc3ccccc31)C2. The molecule has 2 aliphatic heterocycles. The second kappa shape index (κ2) is 9.71. The summed E-state index contributed by atoms with van der Waals surface area (Å²) in [6, 6.07) is 11.2. The third-order valence-electron chi connectivity index (χ3n) is 6.30. The van der Waals surface area contributed by atoms with Crippen molar-refractivity contribution in [3.05, 3.63) is 64.5 Å². The van der Waals surface area contributed by atoms with Gasteiger partial charge in [-0.05, 0) is 61.6 Å². The van der Waals surface area contributed by atoms with Crippen LogP contribution < -0.4 is 4.90 Å². The Labute approximate surface area is 182 Å². The molecule has 2 aromatic carbocycles. The number of benzene rings is 2. The number of aliphatic hydroxyl groups excluding tert-OH is 1. The fraction of sp³-hybridized carbons (Fsp3) is 0.440.